The van der Waals surface area contributed by atoms with Gasteiger partial charge in [-0.05, 0) is 12.5 Å². The molecule has 0 saturated carbocycles. The van der Waals surface area contributed by atoms with Gasteiger partial charge in [0.25, 0.3) is 11.6 Å². The van der Waals surface area contributed by atoms with Crippen molar-refractivity contribution in [3.05, 3.63) is 33.6 Å². The summed E-state index contributed by atoms with van der Waals surface area (Å²) < 4.78 is 13.9. The van der Waals surface area contributed by atoms with Crippen LogP contribution in [0, 0.1) is 15.9 Å². The normalized spacial score (nSPS) is 10.4. The lowest BCUT2D eigenvalue weighted by atomic mass is 10.1. The second-order valence-corrected chi connectivity index (χ2v) is 4.48. The summed E-state index contributed by atoms with van der Waals surface area (Å²) in [6, 6.07) is 1.77. The number of nitrogens with zero attached hydrogens (tertiary/aromatic N) is 2. The molecule has 0 radical (unpaired) electrons. The summed E-state index contributed by atoms with van der Waals surface area (Å²) in [6.07, 6.45) is 1.48. The van der Waals surface area contributed by atoms with E-state index in [0.717, 1.165) is 18.6 Å². The quantitative estimate of drug-likeness (QED) is 0.451. The lowest BCUT2D eigenvalue weighted by molar-refractivity contribution is -0.384. The molecular weight excluding hydrogens is 281 g/mol. The number of carbonyl (C=O) groups excluding carboxylic acids is 1. The second kappa shape index (κ2) is 7.53. The van der Waals surface area contributed by atoms with Crippen LogP contribution in [0.2, 0.25) is 0 Å². The molecular formula is C13H18FN3O4. The Morgan fingerprint density at radius 2 is 2.14 bits per heavy atom. The van der Waals surface area contributed by atoms with Gasteiger partial charge in [-0.25, -0.2) is 4.39 Å². The number of aliphatic hydroxyl groups is 1. The molecule has 0 fully saturated rings. The zero-order valence-electron chi connectivity index (χ0n) is 11.7. The van der Waals surface area contributed by atoms with E-state index in [4.69, 9.17) is 10.8 Å². The van der Waals surface area contributed by atoms with E-state index in [9.17, 15) is 19.3 Å². The molecule has 7 nitrogen and oxygen atoms in total. The maximum absolute atomic E-state index is 13.9. The third-order valence-corrected chi connectivity index (χ3v) is 3.02. The van der Waals surface area contributed by atoms with Crippen LogP contribution in [0.1, 0.15) is 30.1 Å². The van der Waals surface area contributed by atoms with E-state index in [1.165, 1.54) is 4.90 Å². The fourth-order valence-electron chi connectivity index (χ4n) is 1.90. The molecule has 0 spiro atoms. The Labute approximate surface area is 121 Å². The van der Waals surface area contributed by atoms with Gasteiger partial charge in [-0.3, -0.25) is 14.9 Å². The van der Waals surface area contributed by atoms with Gasteiger partial charge in [-0.15, -0.1) is 0 Å². The van der Waals surface area contributed by atoms with Crippen molar-refractivity contribution in [2.45, 2.75) is 19.8 Å². The van der Waals surface area contributed by atoms with Crippen LogP contribution in [0.15, 0.2) is 12.1 Å². The molecule has 1 aromatic carbocycles. The van der Waals surface area contributed by atoms with E-state index >= 15 is 0 Å². The lowest BCUT2D eigenvalue weighted by Crippen LogP contribution is -2.35. The van der Waals surface area contributed by atoms with Crippen LogP contribution >= 0.6 is 0 Å². The Morgan fingerprint density at radius 3 is 2.67 bits per heavy atom. The summed E-state index contributed by atoms with van der Waals surface area (Å²) in [5, 5.41) is 19.8. The smallest absolute Gasteiger partial charge is 0.293 e. The number of nitrogens with two attached hydrogens (primary N) is 1. The van der Waals surface area contributed by atoms with Gasteiger partial charge in [0.15, 0.2) is 0 Å². The molecule has 8 heteroatoms. The van der Waals surface area contributed by atoms with Crippen LogP contribution in [0.4, 0.5) is 15.8 Å². The van der Waals surface area contributed by atoms with Crippen molar-refractivity contribution in [3.63, 3.8) is 0 Å². The molecule has 0 aromatic heterocycles. The van der Waals surface area contributed by atoms with Crippen LogP contribution in [0.3, 0.4) is 0 Å². The highest BCUT2D eigenvalue weighted by Crippen LogP contribution is 2.28. The first-order valence-electron chi connectivity index (χ1n) is 6.56. The van der Waals surface area contributed by atoms with E-state index < -0.39 is 33.6 Å². The minimum absolute atomic E-state index is 0.0143. The maximum Gasteiger partial charge on any atom is 0.293 e. The average Bonchev–Trinajstić information content (AvgIpc) is 2.42. The standard InChI is InChI=1S/C13H18FN3O4/c1-2-3-6-16(7-8-18)13(19)11-9(14)4-5-10(12(11)15)17(20)21/h4-5,18H,2-3,6-8,15H2,1H3. The van der Waals surface area contributed by atoms with Crippen LogP contribution in [0.25, 0.3) is 0 Å². The van der Waals surface area contributed by atoms with Gasteiger partial charge in [0.1, 0.15) is 17.1 Å². The Hall–Kier alpha value is -2.22. The van der Waals surface area contributed by atoms with E-state index in [2.05, 4.69) is 0 Å². The molecule has 21 heavy (non-hydrogen) atoms. The van der Waals surface area contributed by atoms with E-state index in [0.29, 0.717) is 13.0 Å². The number of anilines is 1. The Bertz CT molecular complexity index is 536. The molecule has 0 unspecified atom stereocenters. The zero-order valence-corrected chi connectivity index (χ0v) is 11.7. The highest BCUT2D eigenvalue weighted by molar-refractivity contribution is 6.01. The van der Waals surface area contributed by atoms with E-state index in [1.807, 2.05) is 6.92 Å². The number of unbranched alkanes of at least 4 members (excludes halogenated alkanes) is 1. The predicted octanol–water partition coefficient (Wildman–Crippen LogP) is 1.55. The maximum atomic E-state index is 13.9. The van der Waals surface area contributed by atoms with Gasteiger partial charge in [-0.1, -0.05) is 13.3 Å². The van der Waals surface area contributed by atoms with E-state index in [1.54, 1.807) is 0 Å². The van der Waals surface area contributed by atoms with Crippen molar-refractivity contribution in [2.75, 3.05) is 25.4 Å². The van der Waals surface area contributed by atoms with Crippen molar-refractivity contribution in [1.29, 1.82) is 0 Å². The van der Waals surface area contributed by atoms with Crippen LogP contribution in [-0.2, 0) is 0 Å². The molecule has 1 rings (SSSR count). The highest BCUT2D eigenvalue weighted by Gasteiger charge is 2.26. The summed E-state index contributed by atoms with van der Waals surface area (Å²) in [6.45, 7) is 1.97. The molecule has 1 amide bonds. The molecule has 0 aliphatic carbocycles. The van der Waals surface area contributed by atoms with Gasteiger partial charge >= 0.3 is 0 Å². The number of carbonyl (C=O) groups is 1. The second-order valence-electron chi connectivity index (χ2n) is 4.48. The van der Waals surface area contributed by atoms with Crippen molar-refractivity contribution < 1.29 is 19.2 Å². The van der Waals surface area contributed by atoms with Gasteiger partial charge in [0.2, 0.25) is 0 Å². The Kier molecular flexibility index (Phi) is 6.04. The predicted molar refractivity (Wildman–Crippen MR) is 75.4 cm³/mol. The molecule has 3 N–H and O–H groups in total. The number of benzene rings is 1. The number of nitro groups is 1. The number of aliphatic hydroxyl groups excluding tert-OH is 1. The van der Waals surface area contributed by atoms with Crippen molar-refractivity contribution in [2.24, 2.45) is 0 Å². The first-order valence-corrected chi connectivity index (χ1v) is 6.56. The third kappa shape index (κ3) is 3.88. The number of hydrogen-bond donors (Lipinski definition) is 2. The molecule has 0 heterocycles. The molecule has 0 bridgehead atoms. The molecule has 116 valence electrons. The molecule has 0 aliphatic rings. The SMILES string of the molecule is CCCCN(CCO)C(=O)c1c(F)ccc([N+](=O)[O-])c1N. The lowest BCUT2D eigenvalue weighted by Gasteiger charge is -2.22. The molecule has 0 atom stereocenters. The van der Waals surface area contributed by atoms with Crippen molar-refractivity contribution in [1.82, 2.24) is 4.90 Å². The average molecular weight is 299 g/mol. The zero-order chi connectivity index (χ0) is 16.0. The minimum Gasteiger partial charge on any atom is -0.395 e. The summed E-state index contributed by atoms with van der Waals surface area (Å²) in [4.78, 5) is 23.6. The van der Waals surface area contributed by atoms with Crippen LogP contribution in [0.5, 0.6) is 0 Å². The van der Waals surface area contributed by atoms with Crippen LogP contribution in [-0.4, -0.2) is 40.5 Å². The van der Waals surface area contributed by atoms with E-state index in [-0.39, 0.29) is 13.2 Å². The first-order chi connectivity index (χ1) is 9.93. The fourth-order valence-corrected chi connectivity index (χ4v) is 1.90. The van der Waals surface area contributed by atoms with Gasteiger partial charge in [0, 0.05) is 19.2 Å². The number of amides is 1. The minimum atomic E-state index is -0.914. The van der Waals surface area contributed by atoms with Gasteiger partial charge in [0.05, 0.1) is 11.5 Å². The summed E-state index contributed by atoms with van der Waals surface area (Å²) in [5.74, 6) is -1.67. The molecule has 1 aromatic rings. The Balaban J connectivity index is 3.20. The van der Waals surface area contributed by atoms with Gasteiger partial charge in [-0.2, -0.15) is 0 Å². The number of nitrogen functional groups attached to an aromatic ring is 1. The molecule has 0 aliphatic heterocycles. The fraction of sp³-hybridized carbons (Fsp3) is 0.462. The number of halogens is 1. The number of hydrogen-bond acceptors (Lipinski definition) is 5. The van der Waals surface area contributed by atoms with Gasteiger partial charge < -0.3 is 15.7 Å². The third-order valence-electron chi connectivity index (χ3n) is 3.02. The summed E-state index contributed by atoms with van der Waals surface area (Å²) >= 11 is 0. The molecule has 0 saturated heterocycles. The van der Waals surface area contributed by atoms with Crippen molar-refractivity contribution in [3.8, 4) is 0 Å². The number of nitro benzene ring substituents is 1. The summed E-state index contributed by atoms with van der Waals surface area (Å²) in [7, 11) is 0. The monoisotopic (exact) mass is 299 g/mol. The highest BCUT2D eigenvalue weighted by atomic mass is 19.1. The number of rotatable bonds is 7. The van der Waals surface area contributed by atoms with Crippen molar-refractivity contribution >= 4 is 17.3 Å². The van der Waals surface area contributed by atoms with Crippen LogP contribution < -0.4 is 5.73 Å². The Morgan fingerprint density at radius 1 is 1.48 bits per heavy atom. The first kappa shape index (κ1) is 16.8. The summed E-state index contributed by atoms with van der Waals surface area (Å²) in [5.41, 5.74) is 4.03. The largest absolute Gasteiger partial charge is 0.395 e. The topological polar surface area (TPSA) is 110 Å².